The van der Waals surface area contributed by atoms with Crippen LogP contribution in [0.2, 0.25) is 0 Å². The van der Waals surface area contributed by atoms with Gasteiger partial charge in [-0.3, -0.25) is 14.4 Å². The van der Waals surface area contributed by atoms with Crippen molar-refractivity contribution < 1.29 is 14.4 Å². The topological polar surface area (TPSA) is 127 Å². The average Bonchev–Trinajstić information content (AvgIpc) is 3.06. The number of hydrogen-bond acceptors (Lipinski definition) is 4. The summed E-state index contributed by atoms with van der Waals surface area (Å²) in [5, 5.41) is 5.39. The Morgan fingerprint density at radius 3 is 2.57 bits per heavy atom. The van der Waals surface area contributed by atoms with Gasteiger partial charge in [0, 0.05) is 12.5 Å². The number of primary amides is 1. The SMILES string of the molecule is CC1(C)CC1CC(N)C(=O)NC(CC1CCCNC1=O)C(N)=O. The fraction of sp³-hybridized carbons (Fsp3) is 0.812. The molecule has 4 unspecified atom stereocenters. The summed E-state index contributed by atoms with van der Waals surface area (Å²) in [4.78, 5) is 35.6. The third kappa shape index (κ3) is 4.67. The van der Waals surface area contributed by atoms with Crippen molar-refractivity contribution in [3.05, 3.63) is 0 Å². The monoisotopic (exact) mass is 324 g/mol. The molecule has 1 saturated heterocycles. The molecule has 130 valence electrons. The number of rotatable bonds is 7. The second-order valence-corrected chi connectivity index (χ2v) is 7.56. The molecule has 2 fully saturated rings. The minimum absolute atomic E-state index is 0.0826. The molecule has 1 saturated carbocycles. The Morgan fingerprint density at radius 2 is 2.04 bits per heavy atom. The quantitative estimate of drug-likeness (QED) is 0.510. The van der Waals surface area contributed by atoms with Crippen molar-refractivity contribution >= 4 is 17.7 Å². The lowest BCUT2D eigenvalue weighted by Gasteiger charge is -2.26. The van der Waals surface area contributed by atoms with Crippen LogP contribution in [0, 0.1) is 17.3 Å². The van der Waals surface area contributed by atoms with E-state index in [0.29, 0.717) is 25.3 Å². The first kappa shape index (κ1) is 17.7. The van der Waals surface area contributed by atoms with Crippen LogP contribution in [-0.2, 0) is 14.4 Å². The Labute approximate surface area is 136 Å². The molecular weight excluding hydrogens is 296 g/mol. The Balaban J connectivity index is 1.86. The van der Waals surface area contributed by atoms with E-state index in [0.717, 1.165) is 12.8 Å². The van der Waals surface area contributed by atoms with Crippen molar-refractivity contribution in [1.82, 2.24) is 10.6 Å². The van der Waals surface area contributed by atoms with Crippen molar-refractivity contribution in [1.29, 1.82) is 0 Å². The number of nitrogens with one attached hydrogen (secondary N) is 2. The van der Waals surface area contributed by atoms with Crippen LogP contribution in [0.25, 0.3) is 0 Å². The molecule has 23 heavy (non-hydrogen) atoms. The van der Waals surface area contributed by atoms with Gasteiger partial charge >= 0.3 is 0 Å². The first-order valence-electron chi connectivity index (χ1n) is 8.33. The van der Waals surface area contributed by atoms with Gasteiger partial charge in [0.05, 0.1) is 6.04 Å². The molecule has 2 rings (SSSR count). The highest BCUT2D eigenvalue weighted by Gasteiger charge is 2.46. The van der Waals surface area contributed by atoms with E-state index in [1.807, 2.05) is 0 Å². The van der Waals surface area contributed by atoms with Crippen LogP contribution in [0.5, 0.6) is 0 Å². The predicted octanol–water partition coefficient (Wildman–Crippen LogP) is -0.364. The number of amides is 3. The van der Waals surface area contributed by atoms with Crippen LogP contribution in [-0.4, -0.2) is 36.3 Å². The van der Waals surface area contributed by atoms with Gasteiger partial charge in [-0.05, 0) is 43.4 Å². The van der Waals surface area contributed by atoms with Crippen LogP contribution >= 0.6 is 0 Å². The Kier molecular flexibility index (Phi) is 5.29. The van der Waals surface area contributed by atoms with Gasteiger partial charge in [-0.2, -0.15) is 0 Å². The van der Waals surface area contributed by atoms with E-state index in [1.54, 1.807) is 0 Å². The van der Waals surface area contributed by atoms with E-state index in [9.17, 15) is 14.4 Å². The summed E-state index contributed by atoms with van der Waals surface area (Å²) in [6.07, 6.45) is 3.47. The molecule has 6 N–H and O–H groups in total. The first-order chi connectivity index (χ1) is 10.7. The van der Waals surface area contributed by atoms with Gasteiger partial charge in [0.2, 0.25) is 17.7 Å². The van der Waals surface area contributed by atoms with Crippen LogP contribution in [0.4, 0.5) is 0 Å². The number of carbonyl (C=O) groups excluding carboxylic acids is 3. The minimum atomic E-state index is -0.852. The summed E-state index contributed by atoms with van der Waals surface area (Å²) >= 11 is 0. The van der Waals surface area contributed by atoms with Crippen LogP contribution in [0.15, 0.2) is 0 Å². The molecule has 1 aliphatic heterocycles. The first-order valence-corrected chi connectivity index (χ1v) is 8.33. The summed E-state index contributed by atoms with van der Waals surface area (Å²) in [5.74, 6) is -0.927. The van der Waals surface area contributed by atoms with Gasteiger partial charge < -0.3 is 22.1 Å². The molecule has 7 heteroatoms. The van der Waals surface area contributed by atoms with Crippen molar-refractivity contribution in [2.24, 2.45) is 28.7 Å². The van der Waals surface area contributed by atoms with Gasteiger partial charge in [0.1, 0.15) is 6.04 Å². The number of nitrogens with two attached hydrogens (primary N) is 2. The number of carbonyl (C=O) groups is 3. The molecule has 0 aromatic heterocycles. The van der Waals surface area contributed by atoms with Crippen molar-refractivity contribution in [2.45, 2.75) is 58.0 Å². The van der Waals surface area contributed by atoms with E-state index in [2.05, 4.69) is 24.5 Å². The fourth-order valence-electron chi connectivity index (χ4n) is 3.26. The maximum atomic E-state index is 12.2. The molecule has 1 heterocycles. The lowest BCUT2D eigenvalue weighted by Crippen LogP contribution is -2.52. The van der Waals surface area contributed by atoms with Gasteiger partial charge in [0.15, 0.2) is 0 Å². The predicted molar refractivity (Wildman–Crippen MR) is 86.0 cm³/mol. The molecule has 3 amide bonds. The summed E-state index contributed by atoms with van der Waals surface area (Å²) in [6, 6.07) is -1.50. The van der Waals surface area contributed by atoms with E-state index in [-0.39, 0.29) is 29.6 Å². The van der Waals surface area contributed by atoms with E-state index in [1.165, 1.54) is 0 Å². The van der Waals surface area contributed by atoms with Crippen LogP contribution < -0.4 is 22.1 Å². The summed E-state index contributed by atoms with van der Waals surface area (Å²) in [6.45, 7) is 4.96. The normalized spacial score (nSPS) is 28.4. The number of hydrogen-bond donors (Lipinski definition) is 4. The van der Waals surface area contributed by atoms with Crippen LogP contribution in [0.1, 0.15) is 46.0 Å². The second-order valence-electron chi connectivity index (χ2n) is 7.56. The van der Waals surface area contributed by atoms with E-state index in [4.69, 9.17) is 11.5 Å². The molecule has 0 aromatic carbocycles. The molecule has 2 aliphatic rings. The second kappa shape index (κ2) is 6.86. The van der Waals surface area contributed by atoms with Gasteiger partial charge in [0.25, 0.3) is 0 Å². The molecule has 0 radical (unpaired) electrons. The largest absolute Gasteiger partial charge is 0.368 e. The van der Waals surface area contributed by atoms with E-state index >= 15 is 0 Å². The maximum absolute atomic E-state index is 12.2. The molecular formula is C16H28N4O3. The molecule has 0 aromatic rings. The fourth-order valence-corrected chi connectivity index (χ4v) is 3.26. The highest BCUT2D eigenvalue weighted by atomic mass is 16.2. The molecule has 4 atom stereocenters. The highest BCUT2D eigenvalue weighted by molar-refractivity contribution is 5.89. The van der Waals surface area contributed by atoms with Gasteiger partial charge in [-0.15, -0.1) is 0 Å². The van der Waals surface area contributed by atoms with E-state index < -0.39 is 18.0 Å². The van der Waals surface area contributed by atoms with Crippen molar-refractivity contribution in [2.75, 3.05) is 6.54 Å². The minimum Gasteiger partial charge on any atom is -0.368 e. The maximum Gasteiger partial charge on any atom is 0.240 e. The Bertz CT molecular complexity index is 492. The zero-order valence-corrected chi connectivity index (χ0v) is 13.9. The van der Waals surface area contributed by atoms with Crippen molar-refractivity contribution in [3.8, 4) is 0 Å². The third-order valence-corrected chi connectivity index (χ3v) is 5.17. The van der Waals surface area contributed by atoms with Gasteiger partial charge in [-0.1, -0.05) is 13.8 Å². The molecule has 0 bridgehead atoms. The molecule has 7 nitrogen and oxygen atoms in total. The zero-order valence-electron chi connectivity index (χ0n) is 13.9. The Hall–Kier alpha value is -1.63. The van der Waals surface area contributed by atoms with Gasteiger partial charge in [-0.25, -0.2) is 0 Å². The summed E-state index contributed by atoms with van der Waals surface area (Å²) < 4.78 is 0. The Morgan fingerprint density at radius 1 is 1.39 bits per heavy atom. The summed E-state index contributed by atoms with van der Waals surface area (Å²) in [5.41, 5.74) is 11.6. The smallest absolute Gasteiger partial charge is 0.240 e. The third-order valence-electron chi connectivity index (χ3n) is 5.17. The lowest BCUT2D eigenvalue weighted by atomic mass is 9.91. The molecule has 0 spiro atoms. The highest BCUT2D eigenvalue weighted by Crippen LogP contribution is 2.53. The van der Waals surface area contributed by atoms with Crippen LogP contribution in [0.3, 0.4) is 0 Å². The average molecular weight is 324 g/mol. The standard InChI is InChI=1S/C16H28N4O3/c1-16(2)8-10(16)7-11(17)15(23)20-12(13(18)21)6-9-4-3-5-19-14(9)22/h9-12H,3-8,17H2,1-2H3,(H2,18,21)(H,19,22)(H,20,23). The van der Waals surface area contributed by atoms with Crippen molar-refractivity contribution in [3.63, 3.8) is 0 Å². The lowest BCUT2D eigenvalue weighted by molar-refractivity contribution is -0.131. The molecule has 1 aliphatic carbocycles. The zero-order chi connectivity index (χ0) is 17.2. The summed E-state index contributed by atoms with van der Waals surface area (Å²) in [7, 11) is 0. The number of piperidine rings is 1.